The van der Waals surface area contributed by atoms with Gasteiger partial charge in [0.2, 0.25) is 5.78 Å². The van der Waals surface area contributed by atoms with Gasteiger partial charge < -0.3 is 4.42 Å². The highest BCUT2D eigenvalue weighted by Gasteiger charge is 2.20. The lowest BCUT2D eigenvalue weighted by atomic mass is 9.95. The van der Waals surface area contributed by atoms with E-state index in [1.807, 2.05) is 37.3 Å². The fourth-order valence-electron chi connectivity index (χ4n) is 2.24. The standard InChI is InChI=1S/C17H13FO2/c1-11(12-5-3-2-4-6-12)17(19)16-10-13-9-14(18)7-8-15(13)20-16/h2-11H,1H3. The van der Waals surface area contributed by atoms with E-state index in [2.05, 4.69) is 0 Å². The third-order valence-electron chi connectivity index (χ3n) is 3.41. The summed E-state index contributed by atoms with van der Waals surface area (Å²) in [5, 5.41) is 0.605. The summed E-state index contributed by atoms with van der Waals surface area (Å²) < 4.78 is 18.7. The molecule has 3 rings (SSSR count). The molecule has 0 aliphatic heterocycles. The van der Waals surface area contributed by atoms with Crippen LogP contribution < -0.4 is 0 Å². The van der Waals surface area contributed by atoms with E-state index in [9.17, 15) is 9.18 Å². The molecule has 0 saturated carbocycles. The molecule has 0 aliphatic rings. The molecule has 0 spiro atoms. The molecule has 1 atom stereocenters. The summed E-state index contributed by atoms with van der Waals surface area (Å²) in [5.74, 6) is -0.468. The van der Waals surface area contributed by atoms with Crippen molar-refractivity contribution >= 4 is 16.8 Å². The van der Waals surface area contributed by atoms with Crippen LogP contribution in [0.1, 0.15) is 29.0 Å². The van der Waals surface area contributed by atoms with Crippen molar-refractivity contribution in [3.8, 4) is 0 Å². The molecule has 0 bridgehead atoms. The maximum absolute atomic E-state index is 13.1. The van der Waals surface area contributed by atoms with E-state index in [0.29, 0.717) is 11.0 Å². The van der Waals surface area contributed by atoms with Crippen LogP contribution in [0.25, 0.3) is 11.0 Å². The van der Waals surface area contributed by atoms with E-state index < -0.39 is 0 Å². The summed E-state index contributed by atoms with van der Waals surface area (Å²) in [4.78, 5) is 12.4. The van der Waals surface area contributed by atoms with Crippen LogP contribution in [0.2, 0.25) is 0 Å². The lowest BCUT2D eigenvalue weighted by Crippen LogP contribution is -2.08. The minimum absolute atomic E-state index is 0.104. The monoisotopic (exact) mass is 268 g/mol. The van der Waals surface area contributed by atoms with Crippen molar-refractivity contribution in [1.82, 2.24) is 0 Å². The number of rotatable bonds is 3. The highest BCUT2D eigenvalue weighted by molar-refractivity contribution is 6.01. The molecule has 2 nitrogen and oxygen atoms in total. The van der Waals surface area contributed by atoms with E-state index in [0.717, 1.165) is 5.56 Å². The Balaban J connectivity index is 1.96. The molecule has 2 aromatic carbocycles. The number of fused-ring (bicyclic) bond motifs is 1. The number of Topliss-reactive ketones (excluding diaryl/α,β-unsaturated/α-hetero) is 1. The van der Waals surface area contributed by atoms with E-state index >= 15 is 0 Å². The molecule has 1 aromatic heterocycles. The Labute approximate surface area is 115 Å². The first kappa shape index (κ1) is 12.6. The maximum atomic E-state index is 13.1. The van der Waals surface area contributed by atoms with Crippen LogP contribution in [-0.4, -0.2) is 5.78 Å². The third kappa shape index (κ3) is 2.23. The number of hydrogen-bond donors (Lipinski definition) is 0. The van der Waals surface area contributed by atoms with Crippen LogP contribution in [0.3, 0.4) is 0 Å². The average Bonchev–Trinajstić information content (AvgIpc) is 2.89. The van der Waals surface area contributed by atoms with Gasteiger partial charge in [-0.3, -0.25) is 4.79 Å². The zero-order valence-electron chi connectivity index (χ0n) is 11.0. The number of carbonyl (C=O) groups is 1. The predicted octanol–water partition coefficient (Wildman–Crippen LogP) is 4.56. The van der Waals surface area contributed by atoms with Crippen LogP contribution in [0, 0.1) is 5.82 Å². The molecule has 1 heterocycles. The van der Waals surface area contributed by atoms with Gasteiger partial charge in [-0.1, -0.05) is 37.3 Å². The van der Waals surface area contributed by atoms with Gasteiger partial charge in [0.15, 0.2) is 5.76 Å². The molecule has 1 unspecified atom stereocenters. The Morgan fingerprint density at radius 1 is 1.10 bits per heavy atom. The molecule has 0 fully saturated rings. The number of ketones is 1. The Bertz CT molecular complexity index is 759. The van der Waals surface area contributed by atoms with Crippen LogP contribution in [-0.2, 0) is 0 Å². The zero-order chi connectivity index (χ0) is 14.1. The summed E-state index contributed by atoms with van der Waals surface area (Å²) >= 11 is 0. The van der Waals surface area contributed by atoms with Crippen molar-refractivity contribution in [2.45, 2.75) is 12.8 Å². The van der Waals surface area contributed by atoms with Crippen molar-refractivity contribution < 1.29 is 13.6 Å². The highest BCUT2D eigenvalue weighted by atomic mass is 19.1. The van der Waals surface area contributed by atoms with Crippen LogP contribution in [0.15, 0.2) is 59.0 Å². The second kappa shape index (κ2) is 4.93. The SMILES string of the molecule is CC(C(=O)c1cc2cc(F)ccc2o1)c1ccccc1. The Hall–Kier alpha value is -2.42. The molecule has 0 amide bonds. The van der Waals surface area contributed by atoms with Gasteiger partial charge in [-0.25, -0.2) is 4.39 Å². The van der Waals surface area contributed by atoms with E-state index in [4.69, 9.17) is 4.42 Å². The van der Waals surface area contributed by atoms with Gasteiger partial charge >= 0.3 is 0 Å². The Morgan fingerprint density at radius 2 is 1.85 bits per heavy atom. The highest BCUT2D eigenvalue weighted by Crippen LogP contribution is 2.25. The molecule has 0 radical (unpaired) electrons. The molecular formula is C17H13FO2. The maximum Gasteiger partial charge on any atom is 0.205 e. The summed E-state index contributed by atoms with van der Waals surface area (Å²) in [6.07, 6.45) is 0. The van der Waals surface area contributed by atoms with Crippen LogP contribution in [0.4, 0.5) is 4.39 Å². The van der Waals surface area contributed by atoms with Crippen molar-refractivity contribution in [2.24, 2.45) is 0 Å². The van der Waals surface area contributed by atoms with Crippen LogP contribution in [0.5, 0.6) is 0 Å². The summed E-state index contributed by atoms with van der Waals surface area (Å²) in [6, 6.07) is 15.3. The number of benzene rings is 2. The van der Waals surface area contributed by atoms with Gasteiger partial charge in [0.1, 0.15) is 11.4 Å². The number of carbonyl (C=O) groups excluding carboxylic acids is 1. The van der Waals surface area contributed by atoms with E-state index in [-0.39, 0.29) is 23.3 Å². The second-order valence-corrected chi connectivity index (χ2v) is 4.79. The van der Waals surface area contributed by atoms with Gasteiger partial charge in [-0.05, 0) is 29.8 Å². The quantitative estimate of drug-likeness (QED) is 0.652. The van der Waals surface area contributed by atoms with Crippen molar-refractivity contribution in [3.05, 3.63) is 71.7 Å². The first-order valence-corrected chi connectivity index (χ1v) is 6.43. The van der Waals surface area contributed by atoms with E-state index in [1.165, 1.54) is 18.2 Å². The van der Waals surface area contributed by atoms with Gasteiger partial charge in [-0.2, -0.15) is 0 Å². The van der Waals surface area contributed by atoms with Crippen molar-refractivity contribution in [3.63, 3.8) is 0 Å². The minimum atomic E-state index is -0.339. The number of furan rings is 1. The topological polar surface area (TPSA) is 30.2 Å². The zero-order valence-corrected chi connectivity index (χ0v) is 11.0. The van der Waals surface area contributed by atoms with Crippen molar-refractivity contribution in [1.29, 1.82) is 0 Å². The molecule has 0 N–H and O–H groups in total. The molecule has 3 aromatic rings. The number of halogens is 1. The first-order valence-electron chi connectivity index (χ1n) is 6.43. The minimum Gasteiger partial charge on any atom is -0.453 e. The first-order chi connectivity index (χ1) is 9.65. The molecule has 0 aliphatic carbocycles. The lowest BCUT2D eigenvalue weighted by molar-refractivity contribution is 0.0941. The van der Waals surface area contributed by atoms with Gasteiger partial charge in [0, 0.05) is 11.3 Å². The van der Waals surface area contributed by atoms with Gasteiger partial charge in [0.05, 0.1) is 0 Å². The molecule has 3 heteroatoms. The lowest BCUT2D eigenvalue weighted by Gasteiger charge is -2.08. The normalized spacial score (nSPS) is 12.5. The largest absolute Gasteiger partial charge is 0.453 e. The smallest absolute Gasteiger partial charge is 0.205 e. The molecule has 20 heavy (non-hydrogen) atoms. The predicted molar refractivity (Wildman–Crippen MR) is 75.4 cm³/mol. The summed E-state index contributed by atoms with van der Waals surface area (Å²) in [5.41, 5.74) is 1.46. The van der Waals surface area contributed by atoms with Crippen LogP contribution >= 0.6 is 0 Å². The van der Waals surface area contributed by atoms with Gasteiger partial charge in [-0.15, -0.1) is 0 Å². The average molecular weight is 268 g/mol. The summed E-state index contributed by atoms with van der Waals surface area (Å²) in [6.45, 7) is 1.84. The fourth-order valence-corrected chi connectivity index (χ4v) is 2.24. The number of hydrogen-bond acceptors (Lipinski definition) is 2. The third-order valence-corrected chi connectivity index (χ3v) is 3.41. The Kier molecular flexibility index (Phi) is 3.11. The fraction of sp³-hybridized carbons (Fsp3) is 0.118. The van der Waals surface area contributed by atoms with Crippen molar-refractivity contribution in [2.75, 3.05) is 0 Å². The van der Waals surface area contributed by atoms with E-state index in [1.54, 1.807) is 6.07 Å². The molecule has 100 valence electrons. The summed E-state index contributed by atoms with van der Waals surface area (Å²) in [7, 11) is 0. The molecule has 0 saturated heterocycles. The second-order valence-electron chi connectivity index (χ2n) is 4.79. The molecular weight excluding hydrogens is 255 g/mol. The van der Waals surface area contributed by atoms with Gasteiger partial charge in [0.25, 0.3) is 0 Å². The Morgan fingerprint density at radius 3 is 2.60 bits per heavy atom.